The summed E-state index contributed by atoms with van der Waals surface area (Å²) in [5.74, 6) is 1.81. The molecule has 0 aromatic heterocycles. The molecule has 0 spiro atoms. The van der Waals surface area contributed by atoms with E-state index in [1.807, 2.05) is 0 Å². The van der Waals surface area contributed by atoms with Crippen LogP contribution >= 0.6 is 0 Å². The maximum atomic E-state index is 3.60. The van der Waals surface area contributed by atoms with Gasteiger partial charge in [0.1, 0.15) is 0 Å². The first-order valence-corrected chi connectivity index (χ1v) is 8.40. The minimum Gasteiger partial charge on any atom is -0.317 e. The van der Waals surface area contributed by atoms with Gasteiger partial charge >= 0.3 is 0 Å². The van der Waals surface area contributed by atoms with Crippen LogP contribution in [-0.4, -0.2) is 13.1 Å². The van der Waals surface area contributed by atoms with E-state index in [9.17, 15) is 0 Å². The fourth-order valence-corrected chi connectivity index (χ4v) is 3.04. The molecule has 0 aliphatic heterocycles. The minimum atomic E-state index is 0.739. The van der Waals surface area contributed by atoms with Crippen molar-refractivity contribution in [3.05, 3.63) is 0 Å². The highest BCUT2D eigenvalue weighted by Crippen LogP contribution is 2.25. The highest BCUT2D eigenvalue weighted by molar-refractivity contribution is 4.77. The normalized spacial score (nSPS) is 16.5. The third-order valence-corrected chi connectivity index (χ3v) is 4.52. The third-order valence-electron chi connectivity index (χ3n) is 4.52. The monoisotopic (exact) mass is 255 g/mol. The quantitative estimate of drug-likeness (QED) is 0.492. The van der Waals surface area contributed by atoms with Gasteiger partial charge in [0.15, 0.2) is 0 Å². The smallest absolute Gasteiger partial charge is 0.00948 e. The van der Waals surface area contributed by atoms with Crippen molar-refractivity contribution < 1.29 is 0 Å². The molecule has 0 fully saturated rings. The number of rotatable bonds is 12. The number of nitrogens with one attached hydrogen (secondary N) is 1. The average Bonchev–Trinajstić information content (AvgIpc) is 2.41. The lowest BCUT2D eigenvalue weighted by atomic mass is 9.83. The fraction of sp³-hybridized carbons (Fsp3) is 1.00. The summed E-state index contributed by atoms with van der Waals surface area (Å²) in [6.07, 6.45) is 12.4. The number of hydrogen-bond donors (Lipinski definition) is 1. The molecule has 1 nitrogen and oxygen atoms in total. The van der Waals surface area contributed by atoms with Gasteiger partial charge in [-0.15, -0.1) is 0 Å². The zero-order chi connectivity index (χ0) is 13.8. The van der Waals surface area contributed by atoms with Gasteiger partial charge < -0.3 is 5.32 Å². The van der Waals surface area contributed by atoms with Gasteiger partial charge in [0.25, 0.3) is 0 Å². The van der Waals surface area contributed by atoms with Crippen molar-refractivity contribution in [3.63, 3.8) is 0 Å². The number of hydrogen-bond acceptors (Lipinski definition) is 1. The third kappa shape index (κ3) is 7.41. The molecule has 0 heterocycles. The van der Waals surface area contributed by atoms with Gasteiger partial charge in [-0.25, -0.2) is 0 Å². The van der Waals surface area contributed by atoms with Gasteiger partial charge in [-0.1, -0.05) is 72.6 Å². The Labute approximate surface area is 116 Å². The van der Waals surface area contributed by atoms with E-state index < -0.39 is 0 Å². The van der Waals surface area contributed by atoms with Crippen molar-refractivity contribution in [2.45, 2.75) is 91.5 Å². The van der Waals surface area contributed by atoms with Crippen LogP contribution < -0.4 is 5.32 Å². The standard InChI is InChI=1S/C17H37N/c1-6-10-12-15(8-3)14-17(18-5)16(9-4)13-11-7-2/h15-18H,6-14H2,1-5H3. The Morgan fingerprint density at radius 1 is 0.833 bits per heavy atom. The lowest BCUT2D eigenvalue weighted by Crippen LogP contribution is -2.35. The summed E-state index contributed by atoms with van der Waals surface area (Å²) < 4.78 is 0. The zero-order valence-corrected chi connectivity index (χ0v) is 13.6. The summed E-state index contributed by atoms with van der Waals surface area (Å²) in [6.45, 7) is 9.33. The van der Waals surface area contributed by atoms with Crippen LogP contribution in [0.3, 0.4) is 0 Å². The van der Waals surface area contributed by atoms with E-state index in [4.69, 9.17) is 0 Å². The highest BCUT2D eigenvalue weighted by atomic mass is 14.9. The molecular weight excluding hydrogens is 218 g/mol. The molecular formula is C17H37N. The Morgan fingerprint density at radius 3 is 1.89 bits per heavy atom. The van der Waals surface area contributed by atoms with E-state index in [1.165, 1.54) is 57.8 Å². The second-order valence-electron chi connectivity index (χ2n) is 5.86. The van der Waals surface area contributed by atoms with Crippen molar-refractivity contribution in [1.29, 1.82) is 0 Å². The maximum absolute atomic E-state index is 3.60. The topological polar surface area (TPSA) is 12.0 Å². The molecule has 0 saturated heterocycles. The fourth-order valence-electron chi connectivity index (χ4n) is 3.04. The first-order chi connectivity index (χ1) is 8.73. The summed E-state index contributed by atoms with van der Waals surface area (Å²) in [7, 11) is 2.16. The van der Waals surface area contributed by atoms with Crippen molar-refractivity contribution in [3.8, 4) is 0 Å². The molecule has 0 bridgehead atoms. The van der Waals surface area contributed by atoms with E-state index in [0.29, 0.717) is 0 Å². The molecule has 18 heavy (non-hydrogen) atoms. The van der Waals surface area contributed by atoms with E-state index >= 15 is 0 Å². The van der Waals surface area contributed by atoms with Crippen molar-refractivity contribution in [1.82, 2.24) is 5.32 Å². The Kier molecular flexibility index (Phi) is 12.0. The second-order valence-corrected chi connectivity index (χ2v) is 5.86. The Morgan fingerprint density at radius 2 is 1.44 bits per heavy atom. The van der Waals surface area contributed by atoms with Gasteiger partial charge in [-0.2, -0.15) is 0 Å². The largest absolute Gasteiger partial charge is 0.317 e. The van der Waals surface area contributed by atoms with E-state index in [1.54, 1.807) is 0 Å². The molecule has 3 unspecified atom stereocenters. The summed E-state index contributed by atoms with van der Waals surface area (Å²) >= 11 is 0. The predicted octanol–water partition coefficient (Wildman–Crippen LogP) is 5.40. The van der Waals surface area contributed by atoms with Gasteiger partial charge in [0.05, 0.1) is 0 Å². The van der Waals surface area contributed by atoms with E-state index in [0.717, 1.165) is 17.9 Å². The van der Waals surface area contributed by atoms with E-state index in [-0.39, 0.29) is 0 Å². The molecule has 0 aliphatic carbocycles. The maximum Gasteiger partial charge on any atom is 0.00948 e. The summed E-state index contributed by atoms with van der Waals surface area (Å²) in [5, 5.41) is 3.60. The van der Waals surface area contributed by atoms with Crippen LogP contribution in [0.2, 0.25) is 0 Å². The molecule has 0 aliphatic rings. The zero-order valence-electron chi connectivity index (χ0n) is 13.6. The van der Waals surface area contributed by atoms with Crippen molar-refractivity contribution in [2.24, 2.45) is 11.8 Å². The van der Waals surface area contributed by atoms with Gasteiger partial charge in [0.2, 0.25) is 0 Å². The first-order valence-electron chi connectivity index (χ1n) is 8.40. The molecule has 0 radical (unpaired) electrons. The molecule has 0 rings (SSSR count). The molecule has 0 aromatic rings. The lowest BCUT2D eigenvalue weighted by Gasteiger charge is -2.29. The molecule has 0 saturated carbocycles. The summed E-state index contributed by atoms with van der Waals surface area (Å²) in [6, 6.07) is 0.739. The second kappa shape index (κ2) is 12.0. The molecule has 1 heteroatoms. The van der Waals surface area contributed by atoms with Crippen LogP contribution in [0.25, 0.3) is 0 Å². The van der Waals surface area contributed by atoms with Gasteiger partial charge in [-0.3, -0.25) is 0 Å². The van der Waals surface area contributed by atoms with Crippen LogP contribution in [0.1, 0.15) is 85.5 Å². The van der Waals surface area contributed by atoms with E-state index in [2.05, 4.69) is 40.1 Å². The highest BCUT2D eigenvalue weighted by Gasteiger charge is 2.21. The van der Waals surface area contributed by atoms with Crippen LogP contribution in [-0.2, 0) is 0 Å². The van der Waals surface area contributed by atoms with Crippen molar-refractivity contribution >= 4 is 0 Å². The molecule has 0 aromatic carbocycles. The Bertz CT molecular complexity index is 167. The summed E-state index contributed by atoms with van der Waals surface area (Å²) in [5.41, 5.74) is 0. The Hall–Kier alpha value is -0.0400. The SMILES string of the molecule is CCCCC(CC)CC(NC)C(CC)CCCC. The number of unbranched alkanes of at least 4 members (excludes halogenated alkanes) is 2. The van der Waals surface area contributed by atoms with Crippen molar-refractivity contribution in [2.75, 3.05) is 7.05 Å². The van der Waals surface area contributed by atoms with Gasteiger partial charge in [0, 0.05) is 6.04 Å². The van der Waals surface area contributed by atoms with Crippen LogP contribution in [0.4, 0.5) is 0 Å². The lowest BCUT2D eigenvalue weighted by molar-refractivity contribution is 0.265. The Balaban J connectivity index is 4.24. The molecule has 0 amide bonds. The van der Waals surface area contributed by atoms with Crippen LogP contribution in [0.15, 0.2) is 0 Å². The first kappa shape index (κ1) is 18.0. The molecule has 1 N–H and O–H groups in total. The predicted molar refractivity (Wildman–Crippen MR) is 84.1 cm³/mol. The van der Waals surface area contributed by atoms with Crippen LogP contribution in [0, 0.1) is 11.8 Å². The average molecular weight is 255 g/mol. The molecule has 3 atom stereocenters. The minimum absolute atomic E-state index is 0.739. The van der Waals surface area contributed by atoms with Gasteiger partial charge in [-0.05, 0) is 31.7 Å². The molecule has 110 valence electrons. The van der Waals surface area contributed by atoms with Crippen LogP contribution in [0.5, 0.6) is 0 Å². The summed E-state index contributed by atoms with van der Waals surface area (Å²) in [4.78, 5) is 0.